The van der Waals surface area contributed by atoms with Gasteiger partial charge in [-0.25, -0.2) is 14.8 Å². The normalized spacial score (nSPS) is 23.2. The maximum absolute atomic E-state index is 13.8. The molecule has 2 saturated heterocycles. The third-order valence-corrected chi connectivity index (χ3v) is 8.35. The number of aromatic nitrogens is 2. The third-order valence-electron chi connectivity index (χ3n) is 8.35. The van der Waals surface area contributed by atoms with Crippen molar-refractivity contribution in [2.45, 2.75) is 129 Å². The van der Waals surface area contributed by atoms with Gasteiger partial charge in [0.25, 0.3) is 0 Å². The predicted molar refractivity (Wildman–Crippen MR) is 155 cm³/mol. The van der Waals surface area contributed by atoms with Crippen molar-refractivity contribution in [1.29, 1.82) is 0 Å². The molecule has 0 spiro atoms. The molecule has 1 aliphatic carbocycles. The Labute approximate surface area is 240 Å². The van der Waals surface area contributed by atoms with Gasteiger partial charge in [0, 0.05) is 43.0 Å². The van der Waals surface area contributed by atoms with Crippen molar-refractivity contribution in [3.8, 4) is 0 Å². The largest absolute Gasteiger partial charge is 0.498 e. The summed E-state index contributed by atoms with van der Waals surface area (Å²) in [5, 5.41) is 2.84. The summed E-state index contributed by atoms with van der Waals surface area (Å²) in [4.78, 5) is 40.0. The number of hydrogen-bond acceptors (Lipinski definition) is 8. The van der Waals surface area contributed by atoms with Gasteiger partial charge in [-0.15, -0.1) is 0 Å². The molecule has 222 valence electrons. The van der Waals surface area contributed by atoms with Gasteiger partial charge in [0.1, 0.15) is 11.6 Å². The zero-order valence-corrected chi connectivity index (χ0v) is 25.8. The third kappa shape index (κ3) is 7.08. The van der Waals surface area contributed by atoms with Gasteiger partial charge in [0.05, 0.1) is 11.2 Å². The number of amides is 2. The fourth-order valence-electron chi connectivity index (χ4n) is 5.19. The average molecular weight is 558 g/mol. The van der Waals surface area contributed by atoms with Crippen LogP contribution in [0.4, 0.5) is 10.7 Å². The van der Waals surface area contributed by atoms with Crippen LogP contribution in [0.2, 0.25) is 0 Å². The summed E-state index contributed by atoms with van der Waals surface area (Å²) in [6.07, 6.45) is 8.09. The van der Waals surface area contributed by atoms with Crippen LogP contribution in [0.3, 0.4) is 0 Å². The van der Waals surface area contributed by atoms with E-state index in [0.29, 0.717) is 25.1 Å². The van der Waals surface area contributed by atoms with Gasteiger partial charge in [-0.1, -0.05) is 13.8 Å². The monoisotopic (exact) mass is 557 g/mol. The minimum atomic E-state index is -0.653. The van der Waals surface area contributed by atoms with Crippen LogP contribution in [0.5, 0.6) is 0 Å². The van der Waals surface area contributed by atoms with E-state index in [4.69, 9.17) is 24.0 Å². The summed E-state index contributed by atoms with van der Waals surface area (Å²) in [6.45, 7) is 18.8. The molecular formula is C29H48BN5O5. The first-order valence-corrected chi connectivity index (χ1v) is 14.8. The second-order valence-electron chi connectivity index (χ2n) is 13.8. The molecule has 2 amide bonds. The first-order valence-electron chi connectivity index (χ1n) is 14.8. The maximum atomic E-state index is 13.8. The van der Waals surface area contributed by atoms with E-state index in [1.807, 2.05) is 67.2 Å². The van der Waals surface area contributed by atoms with Crippen molar-refractivity contribution in [3.63, 3.8) is 0 Å². The highest BCUT2D eigenvalue weighted by molar-refractivity contribution is 6.61. The molecule has 1 saturated carbocycles. The summed E-state index contributed by atoms with van der Waals surface area (Å²) in [6, 6.07) is -0.280. The Hall–Kier alpha value is -2.40. The zero-order chi connectivity index (χ0) is 29.5. The molecule has 11 heteroatoms. The molecule has 0 radical (unpaired) electrons. The topological polar surface area (TPSA) is 106 Å². The highest BCUT2D eigenvalue weighted by atomic mass is 16.7. The van der Waals surface area contributed by atoms with E-state index in [0.717, 1.165) is 37.6 Å². The SMILES string of the molecule is CC(C)C(NC(=O)OC(C)(C)C)C(=O)N1CCCCC1CN(c1ncc(B2OC(C)(C)C(C)(C)O2)cn1)C1CC1. The van der Waals surface area contributed by atoms with Gasteiger partial charge in [0.2, 0.25) is 11.9 Å². The lowest BCUT2D eigenvalue weighted by atomic mass is 9.81. The molecular weight excluding hydrogens is 509 g/mol. The number of carbonyl (C=O) groups is 2. The molecule has 2 atom stereocenters. The van der Waals surface area contributed by atoms with Gasteiger partial charge in [0.15, 0.2) is 0 Å². The van der Waals surface area contributed by atoms with E-state index in [1.54, 1.807) is 12.4 Å². The lowest BCUT2D eigenvalue weighted by Crippen LogP contribution is -2.58. The molecule has 0 aromatic carbocycles. The van der Waals surface area contributed by atoms with Crippen LogP contribution in [-0.2, 0) is 18.8 Å². The van der Waals surface area contributed by atoms with Gasteiger partial charge in [-0.3, -0.25) is 4.79 Å². The minimum absolute atomic E-state index is 0.00918. The number of nitrogens with one attached hydrogen (secondary N) is 1. The fraction of sp³-hybridized carbons (Fsp3) is 0.793. The van der Waals surface area contributed by atoms with Crippen molar-refractivity contribution < 1.29 is 23.6 Å². The summed E-state index contributed by atoms with van der Waals surface area (Å²) >= 11 is 0. The standard InChI is InChI=1S/C29H48BN5O5/c1-19(2)23(33-26(37)38-27(3,4)5)24(36)34-15-11-10-12-22(34)18-35(21-13-14-21)25-31-16-20(17-32-25)30-39-28(6,7)29(8,9)40-30/h16-17,19,21-23H,10-15,18H2,1-9H3,(H,33,37). The molecule has 1 aromatic rings. The Bertz CT molecular complexity index is 1040. The number of anilines is 1. The number of likely N-dealkylation sites (tertiary alicyclic amines) is 1. The molecule has 2 unspecified atom stereocenters. The van der Waals surface area contributed by atoms with Crippen LogP contribution in [-0.4, -0.2) is 82.0 Å². The van der Waals surface area contributed by atoms with E-state index < -0.39 is 36.1 Å². The van der Waals surface area contributed by atoms with Crippen molar-refractivity contribution in [2.24, 2.45) is 5.92 Å². The number of piperidine rings is 1. The quantitative estimate of drug-likeness (QED) is 0.483. The van der Waals surface area contributed by atoms with Gasteiger partial charge >= 0.3 is 13.2 Å². The fourth-order valence-corrected chi connectivity index (χ4v) is 5.19. The predicted octanol–water partition coefficient (Wildman–Crippen LogP) is 3.68. The summed E-state index contributed by atoms with van der Waals surface area (Å²) < 4.78 is 17.8. The van der Waals surface area contributed by atoms with Crippen molar-refractivity contribution in [2.75, 3.05) is 18.0 Å². The van der Waals surface area contributed by atoms with Crippen molar-refractivity contribution >= 4 is 30.5 Å². The molecule has 4 rings (SSSR count). The Morgan fingerprint density at radius 1 is 1.10 bits per heavy atom. The highest BCUT2D eigenvalue weighted by Gasteiger charge is 2.52. The van der Waals surface area contributed by atoms with Crippen LogP contribution in [0.25, 0.3) is 0 Å². The zero-order valence-electron chi connectivity index (χ0n) is 25.8. The number of ether oxygens (including phenoxy) is 1. The lowest BCUT2D eigenvalue weighted by Gasteiger charge is -2.41. The molecule has 3 aliphatic rings. The summed E-state index contributed by atoms with van der Waals surface area (Å²) in [5.74, 6) is 0.527. The summed E-state index contributed by atoms with van der Waals surface area (Å²) in [5.41, 5.74) is -0.704. The number of nitrogens with zero attached hydrogens (tertiary/aromatic N) is 4. The molecule has 3 fully saturated rings. The molecule has 1 N–H and O–H groups in total. The van der Waals surface area contributed by atoms with Crippen LogP contribution >= 0.6 is 0 Å². The first kappa shape index (κ1) is 30.6. The maximum Gasteiger partial charge on any atom is 0.498 e. The van der Waals surface area contributed by atoms with Crippen LogP contribution in [0.15, 0.2) is 12.4 Å². The van der Waals surface area contributed by atoms with Gasteiger partial charge < -0.3 is 29.2 Å². The van der Waals surface area contributed by atoms with Gasteiger partial charge in [-0.05, 0) is 86.5 Å². The molecule has 40 heavy (non-hydrogen) atoms. The lowest BCUT2D eigenvalue weighted by molar-refractivity contribution is -0.138. The van der Waals surface area contributed by atoms with Crippen molar-refractivity contribution in [3.05, 3.63) is 12.4 Å². The molecule has 2 aliphatic heterocycles. The Morgan fingerprint density at radius 3 is 2.23 bits per heavy atom. The second kappa shape index (κ2) is 11.5. The molecule has 1 aromatic heterocycles. The van der Waals surface area contributed by atoms with E-state index in [9.17, 15) is 9.59 Å². The minimum Gasteiger partial charge on any atom is -0.444 e. The Balaban J connectivity index is 1.47. The number of alkyl carbamates (subject to hydrolysis) is 1. The van der Waals surface area contributed by atoms with Crippen LogP contribution < -0.4 is 15.7 Å². The van der Waals surface area contributed by atoms with E-state index in [2.05, 4.69) is 10.2 Å². The summed E-state index contributed by atoms with van der Waals surface area (Å²) in [7, 11) is -0.509. The smallest absolute Gasteiger partial charge is 0.444 e. The highest BCUT2D eigenvalue weighted by Crippen LogP contribution is 2.36. The average Bonchev–Trinajstić information content (AvgIpc) is 3.66. The number of hydrogen-bond donors (Lipinski definition) is 1. The van der Waals surface area contributed by atoms with E-state index in [-0.39, 0.29) is 17.9 Å². The van der Waals surface area contributed by atoms with Crippen LogP contribution in [0, 0.1) is 5.92 Å². The number of rotatable bonds is 8. The van der Waals surface area contributed by atoms with Gasteiger partial charge in [-0.2, -0.15) is 0 Å². The van der Waals surface area contributed by atoms with Crippen LogP contribution in [0.1, 0.15) is 94.4 Å². The van der Waals surface area contributed by atoms with E-state index >= 15 is 0 Å². The number of carbonyl (C=O) groups excluding carboxylic acids is 2. The molecule has 0 bridgehead atoms. The first-order chi connectivity index (χ1) is 18.6. The Morgan fingerprint density at radius 2 is 1.70 bits per heavy atom. The molecule has 3 heterocycles. The van der Waals surface area contributed by atoms with Crippen molar-refractivity contribution in [1.82, 2.24) is 20.2 Å². The molecule has 10 nitrogen and oxygen atoms in total. The Kier molecular flexibility index (Phi) is 8.76. The van der Waals surface area contributed by atoms with E-state index in [1.165, 1.54) is 0 Å². The second-order valence-corrected chi connectivity index (χ2v) is 13.8.